The van der Waals surface area contributed by atoms with Crippen LogP contribution in [0.5, 0.6) is 0 Å². The summed E-state index contributed by atoms with van der Waals surface area (Å²) in [5.74, 6) is -1.29. The van der Waals surface area contributed by atoms with Gasteiger partial charge in [0.15, 0.2) is 0 Å². The molecule has 3 rings (SSSR count). The molecular formula is C18H16N2O3. The Morgan fingerprint density at radius 3 is 2.70 bits per heavy atom. The molecule has 1 aromatic rings. The van der Waals surface area contributed by atoms with Gasteiger partial charge in [-0.3, -0.25) is 9.59 Å². The highest BCUT2D eigenvalue weighted by atomic mass is 16.3. The lowest BCUT2D eigenvalue weighted by Crippen LogP contribution is -2.24. The van der Waals surface area contributed by atoms with E-state index in [1.54, 1.807) is 36.1 Å². The normalized spacial score (nSPS) is 18.0. The van der Waals surface area contributed by atoms with Gasteiger partial charge in [-0.25, -0.2) is 0 Å². The summed E-state index contributed by atoms with van der Waals surface area (Å²) in [5, 5.41) is 2.46. The van der Waals surface area contributed by atoms with Crippen LogP contribution in [0.2, 0.25) is 0 Å². The Labute approximate surface area is 134 Å². The van der Waals surface area contributed by atoms with Crippen LogP contribution in [0.3, 0.4) is 0 Å². The molecule has 1 atom stereocenters. The van der Waals surface area contributed by atoms with Crippen LogP contribution < -0.4 is 4.90 Å². The number of nitrogens with zero attached hydrogens (tertiary/aromatic N) is 2. The van der Waals surface area contributed by atoms with E-state index in [0.29, 0.717) is 12.1 Å². The van der Waals surface area contributed by atoms with E-state index in [2.05, 4.69) is 11.3 Å². The van der Waals surface area contributed by atoms with E-state index in [4.69, 9.17) is 0 Å². The minimum atomic E-state index is -0.695. The third-order valence-corrected chi connectivity index (χ3v) is 4.21. The van der Waals surface area contributed by atoms with Crippen molar-refractivity contribution in [2.75, 3.05) is 11.4 Å². The number of nitroso groups, excluding NO2 is 1. The first-order chi connectivity index (χ1) is 11.1. The molecule has 0 spiro atoms. The number of amides is 2. The predicted octanol–water partition coefficient (Wildman–Crippen LogP) is 3.24. The van der Waals surface area contributed by atoms with Gasteiger partial charge in [-0.2, -0.15) is 0 Å². The van der Waals surface area contributed by atoms with E-state index in [1.165, 1.54) is 0 Å². The third kappa shape index (κ3) is 2.77. The maximum Gasteiger partial charge on any atom is 0.293 e. The lowest BCUT2D eigenvalue weighted by atomic mass is 10.0. The predicted molar refractivity (Wildman–Crippen MR) is 87.9 cm³/mol. The molecule has 2 aliphatic rings. The van der Waals surface area contributed by atoms with Crippen LogP contribution >= 0.6 is 0 Å². The summed E-state index contributed by atoms with van der Waals surface area (Å²) in [6.07, 6.45) is 8.67. The number of benzene rings is 1. The van der Waals surface area contributed by atoms with Gasteiger partial charge in [-0.05, 0) is 42.7 Å². The van der Waals surface area contributed by atoms with Crippen LogP contribution in [-0.4, -0.2) is 18.4 Å². The van der Waals surface area contributed by atoms with Crippen LogP contribution in [0, 0.1) is 4.91 Å². The zero-order chi connectivity index (χ0) is 16.4. The lowest BCUT2D eigenvalue weighted by molar-refractivity contribution is -0.119. The minimum Gasteiger partial charge on any atom is -0.304 e. The third-order valence-electron chi connectivity index (χ3n) is 4.21. The van der Waals surface area contributed by atoms with Gasteiger partial charge in [0.05, 0.1) is 12.5 Å². The fourth-order valence-electron chi connectivity index (χ4n) is 2.79. The molecule has 1 fully saturated rings. The van der Waals surface area contributed by atoms with E-state index in [0.717, 1.165) is 23.3 Å². The SMILES string of the molecule is CC(C(=O)N=O)c1ccc(N2CC3=CCC=CC=C3C2=O)cc1. The maximum atomic E-state index is 12.5. The second kappa shape index (κ2) is 6.12. The van der Waals surface area contributed by atoms with E-state index in [9.17, 15) is 14.5 Å². The number of rotatable bonds is 3. The highest BCUT2D eigenvalue weighted by Crippen LogP contribution is 2.31. The number of fused-ring (bicyclic) bond motifs is 1. The first kappa shape index (κ1) is 15.1. The first-order valence-corrected chi connectivity index (χ1v) is 7.47. The fourth-order valence-corrected chi connectivity index (χ4v) is 2.79. The highest BCUT2D eigenvalue weighted by molar-refractivity contribution is 6.13. The average molecular weight is 308 g/mol. The van der Waals surface area contributed by atoms with Crippen LogP contribution in [-0.2, 0) is 9.59 Å². The highest BCUT2D eigenvalue weighted by Gasteiger charge is 2.31. The Balaban J connectivity index is 1.85. The van der Waals surface area contributed by atoms with Gasteiger partial charge in [0, 0.05) is 16.4 Å². The Morgan fingerprint density at radius 1 is 1.26 bits per heavy atom. The van der Waals surface area contributed by atoms with Crippen molar-refractivity contribution in [3.63, 3.8) is 0 Å². The van der Waals surface area contributed by atoms with Crippen molar-refractivity contribution < 1.29 is 9.59 Å². The topological polar surface area (TPSA) is 66.8 Å². The van der Waals surface area contributed by atoms with E-state index in [1.807, 2.05) is 18.2 Å². The molecule has 1 heterocycles. The monoisotopic (exact) mass is 308 g/mol. The zero-order valence-corrected chi connectivity index (χ0v) is 12.7. The van der Waals surface area contributed by atoms with Crippen LogP contribution in [0.1, 0.15) is 24.8 Å². The number of carbonyl (C=O) groups is 2. The summed E-state index contributed by atoms with van der Waals surface area (Å²) in [7, 11) is 0. The Hall–Kier alpha value is -2.82. The van der Waals surface area contributed by atoms with Crippen molar-refractivity contribution in [2.24, 2.45) is 5.18 Å². The second-order valence-electron chi connectivity index (χ2n) is 5.61. The van der Waals surface area contributed by atoms with Crippen molar-refractivity contribution in [2.45, 2.75) is 19.3 Å². The molecule has 2 amide bonds. The largest absolute Gasteiger partial charge is 0.304 e. The van der Waals surface area contributed by atoms with Gasteiger partial charge >= 0.3 is 0 Å². The molecule has 116 valence electrons. The summed E-state index contributed by atoms with van der Waals surface area (Å²) in [4.78, 5) is 35.9. The number of hydrogen-bond acceptors (Lipinski definition) is 3. The van der Waals surface area contributed by atoms with Gasteiger partial charge in [0.2, 0.25) is 0 Å². The summed E-state index contributed by atoms with van der Waals surface area (Å²) >= 11 is 0. The molecule has 0 bridgehead atoms. The molecule has 1 aromatic carbocycles. The molecule has 1 aliphatic heterocycles. The molecule has 0 N–H and O–H groups in total. The van der Waals surface area contributed by atoms with Crippen LogP contribution in [0.4, 0.5) is 5.69 Å². The molecular weight excluding hydrogens is 292 g/mol. The molecule has 1 aliphatic carbocycles. The number of hydrogen-bond donors (Lipinski definition) is 0. The van der Waals surface area contributed by atoms with Gasteiger partial charge in [-0.1, -0.05) is 30.4 Å². The van der Waals surface area contributed by atoms with Crippen molar-refractivity contribution in [1.82, 2.24) is 0 Å². The van der Waals surface area contributed by atoms with E-state index < -0.39 is 11.8 Å². The number of anilines is 1. The molecule has 0 saturated carbocycles. The molecule has 0 radical (unpaired) electrons. The van der Waals surface area contributed by atoms with Gasteiger partial charge < -0.3 is 4.90 Å². The molecule has 5 nitrogen and oxygen atoms in total. The van der Waals surface area contributed by atoms with Crippen molar-refractivity contribution >= 4 is 17.5 Å². The Bertz CT molecular complexity index is 757. The lowest BCUT2D eigenvalue weighted by Gasteiger charge is -2.16. The smallest absolute Gasteiger partial charge is 0.293 e. The number of carbonyl (C=O) groups excluding carboxylic acids is 2. The summed E-state index contributed by atoms with van der Waals surface area (Å²) in [6, 6.07) is 7.11. The van der Waals surface area contributed by atoms with Gasteiger partial charge in [0.25, 0.3) is 11.8 Å². The van der Waals surface area contributed by atoms with Crippen molar-refractivity contribution in [3.05, 3.63) is 70.2 Å². The molecule has 1 saturated heterocycles. The quantitative estimate of drug-likeness (QED) is 0.805. The molecule has 0 aromatic heterocycles. The number of allylic oxidation sites excluding steroid dienone is 4. The average Bonchev–Trinajstić information content (AvgIpc) is 2.76. The molecule has 23 heavy (non-hydrogen) atoms. The van der Waals surface area contributed by atoms with Crippen molar-refractivity contribution in [1.29, 1.82) is 0 Å². The van der Waals surface area contributed by atoms with E-state index in [-0.39, 0.29) is 5.91 Å². The summed E-state index contributed by atoms with van der Waals surface area (Å²) < 4.78 is 0. The van der Waals surface area contributed by atoms with Crippen molar-refractivity contribution in [3.8, 4) is 0 Å². The van der Waals surface area contributed by atoms with E-state index >= 15 is 0 Å². The standard InChI is InChI=1S/C18H16N2O3/c1-12(17(21)19-23)13-7-9-15(10-8-13)20-11-14-5-3-2-4-6-16(14)18(20)22/h2,4-10,12H,3,11H2,1H3. The molecule has 5 heteroatoms. The maximum absolute atomic E-state index is 12.5. The van der Waals surface area contributed by atoms with Crippen LogP contribution in [0.15, 0.2) is 64.9 Å². The first-order valence-electron chi connectivity index (χ1n) is 7.47. The molecule has 1 unspecified atom stereocenters. The summed E-state index contributed by atoms with van der Waals surface area (Å²) in [6.45, 7) is 2.19. The fraction of sp³-hybridized carbons (Fsp3) is 0.222. The zero-order valence-electron chi connectivity index (χ0n) is 12.7. The minimum absolute atomic E-state index is 0.0192. The summed E-state index contributed by atoms with van der Waals surface area (Å²) in [5.41, 5.74) is 3.26. The van der Waals surface area contributed by atoms with Gasteiger partial charge in [-0.15, -0.1) is 4.91 Å². The Morgan fingerprint density at radius 2 is 2.00 bits per heavy atom. The second-order valence-corrected chi connectivity index (χ2v) is 5.61. The van der Waals surface area contributed by atoms with Crippen LogP contribution in [0.25, 0.3) is 0 Å². The Kier molecular flexibility index (Phi) is 4.02. The van der Waals surface area contributed by atoms with Gasteiger partial charge in [0.1, 0.15) is 0 Å².